The van der Waals surface area contributed by atoms with E-state index in [0.717, 1.165) is 19.4 Å². The van der Waals surface area contributed by atoms with E-state index in [1.165, 1.54) is 28.4 Å². The summed E-state index contributed by atoms with van der Waals surface area (Å²) in [4.78, 5) is 6.41. The quantitative estimate of drug-likeness (QED) is 0.877. The number of hydrogen-bond acceptors (Lipinski definition) is 4. The van der Waals surface area contributed by atoms with E-state index in [-0.39, 0.29) is 11.0 Å². The highest BCUT2D eigenvalue weighted by molar-refractivity contribution is 7.11. The van der Waals surface area contributed by atoms with Crippen LogP contribution in [0, 0.1) is 0 Å². The molecule has 0 unspecified atom stereocenters. The van der Waals surface area contributed by atoms with Gasteiger partial charge in [0.2, 0.25) is 0 Å². The Morgan fingerprint density at radius 2 is 1.90 bits per heavy atom. The first-order valence-corrected chi connectivity index (χ1v) is 8.89. The lowest BCUT2D eigenvalue weighted by atomic mass is 9.91. The summed E-state index contributed by atoms with van der Waals surface area (Å²) in [6.45, 7) is 12.0. The van der Waals surface area contributed by atoms with Gasteiger partial charge in [-0.05, 0) is 12.8 Å². The molecular weight excluding hydrogens is 280 g/mol. The Balaban J connectivity index is 2.35. The van der Waals surface area contributed by atoms with Crippen LogP contribution in [0.1, 0.15) is 75.9 Å². The first-order chi connectivity index (χ1) is 9.78. The Hall–Kier alpha value is -0.450. The lowest BCUT2D eigenvalue weighted by molar-refractivity contribution is -0.00903. The molecule has 0 atom stereocenters. The molecule has 2 rings (SSSR count). The van der Waals surface area contributed by atoms with Crippen LogP contribution in [0.25, 0.3) is 0 Å². The zero-order chi connectivity index (χ0) is 15.7. The molecule has 0 aromatic carbocycles. The highest BCUT2D eigenvalue weighted by Gasteiger charge is 2.40. The number of hydrogen-bond donors (Lipinski definition) is 1. The van der Waals surface area contributed by atoms with Gasteiger partial charge >= 0.3 is 0 Å². The molecule has 1 saturated carbocycles. The van der Waals surface area contributed by atoms with E-state index in [9.17, 15) is 0 Å². The number of ether oxygens (including phenoxy) is 1. The minimum Gasteiger partial charge on any atom is -0.371 e. The van der Waals surface area contributed by atoms with E-state index in [1.54, 1.807) is 0 Å². The van der Waals surface area contributed by atoms with Gasteiger partial charge in [-0.15, -0.1) is 11.3 Å². The van der Waals surface area contributed by atoms with E-state index < -0.39 is 0 Å². The lowest BCUT2D eigenvalue weighted by Gasteiger charge is -2.25. The van der Waals surface area contributed by atoms with Crippen molar-refractivity contribution in [1.82, 2.24) is 10.3 Å². The van der Waals surface area contributed by atoms with Crippen LogP contribution in [-0.4, -0.2) is 18.1 Å². The molecule has 0 aliphatic heterocycles. The van der Waals surface area contributed by atoms with Crippen LogP contribution in [0.3, 0.4) is 0 Å². The number of thiazole rings is 1. The summed E-state index contributed by atoms with van der Waals surface area (Å²) < 4.78 is 5.92. The predicted octanol–water partition coefficient (Wildman–Crippen LogP) is 4.35. The average molecular weight is 311 g/mol. The Morgan fingerprint density at radius 3 is 2.38 bits per heavy atom. The molecule has 21 heavy (non-hydrogen) atoms. The molecule has 1 aliphatic carbocycles. The van der Waals surface area contributed by atoms with Crippen molar-refractivity contribution in [2.75, 3.05) is 7.11 Å². The van der Waals surface area contributed by atoms with E-state index >= 15 is 0 Å². The zero-order valence-corrected chi connectivity index (χ0v) is 15.2. The summed E-state index contributed by atoms with van der Waals surface area (Å²) in [6.07, 6.45) is 4.71. The zero-order valence-electron chi connectivity index (χ0n) is 14.4. The number of aromatic nitrogens is 1. The fourth-order valence-corrected chi connectivity index (χ4v) is 4.45. The molecule has 0 bridgehead atoms. The van der Waals surface area contributed by atoms with Crippen LogP contribution in [-0.2, 0) is 22.3 Å². The van der Waals surface area contributed by atoms with Crippen molar-refractivity contribution in [1.29, 1.82) is 0 Å². The summed E-state index contributed by atoms with van der Waals surface area (Å²) in [5.74, 6) is 0. The maximum Gasteiger partial charge on any atom is 0.125 e. The number of nitrogens with one attached hydrogen (secondary N) is 1. The number of rotatable bonds is 5. The molecule has 1 aromatic rings. The summed E-state index contributed by atoms with van der Waals surface area (Å²) in [5.41, 5.74) is 1.19. The number of nitrogens with zero attached hydrogens (tertiary/aromatic N) is 1. The van der Waals surface area contributed by atoms with Crippen LogP contribution in [0.15, 0.2) is 0 Å². The van der Waals surface area contributed by atoms with Crippen molar-refractivity contribution in [3.63, 3.8) is 0 Å². The van der Waals surface area contributed by atoms with Crippen LogP contribution in [0.4, 0.5) is 0 Å². The highest BCUT2D eigenvalue weighted by atomic mass is 32.1. The summed E-state index contributed by atoms with van der Waals surface area (Å²) in [6, 6.07) is 0.492. The topological polar surface area (TPSA) is 34.1 Å². The molecule has 1 heterocycles. The maximum absolute atomic E-state index is 5.92. The summed E-state index contributed by atoms with van der Waals surface area (Å²) >= 11 is 1.85. The molecule has 0 amide bonds. The predicted molar refractivity (Wildman–Crippen MR) is 89.9 cm³/mol. The average Bonchev–Trinajstić information content (AvgIpc) is 3.03. The number of methoxy groups -OCH3 is 1. The third-order valence-electron chi connectivity index (χ3n) is 4.27. The van der Waals surface area contributed by atoms with E-state index in [2.05, 4.69) is 39.9 Å². The Morgan fingerprint density at radius 1 is 1.29 bits per heavy atom. The van der Waals surface area contributed by atoms with E-state index in [4.69, 9.17) is 9.72 Å². The minimum absolute atomic E-state index is 0.0796. The van der Waals surface area contributed by atoms with Gasteiger partial charge in [-0.3, -0.25) is 0 Å². The summed E-state index contributed by atoms with van der Waals surface area (Å²) in [5, 5.41) is 4.73. The maximum atomic E-state index is 5.92. The molecule has 3 nitrogen and oxygen atoms in total. The van der Waals surface area contributed by atoms with Gasteiger partial charge < -0.3 is 10.1 Å². The van der Waals surface area contributed by atoms with Crippen LogP contribution in [0.2, 0.25) is 0 Å². The van der Waals surface area contributed by atoms with Gasteiger partial charge in [-0.1, -0.05) is 47.5 Å². The lowest BCUT2D eigenvalue weighted by Crippen LogP contribution is -2.25. The first-order valence-electron chi connectivity index (χ1n) is 8.08. The van der Waals surface area contributed by atoms with Gasteiger partial charge in [0.1, 0.15) is 10.6 Å². The second kappa shape index (κ2) is 6.35. The molecular formula is C17H30N2OS. The molecule has 1 N–H and O–H groups in total. The monoisotopic (exact) mass is 310 g/mol. The van der Waals surface area contributed by atoms with Crippen molar-refractivity contribution < 1.29 is 4.74 Å². The fraction of sp³-hybridized carbons (Fsp3) is 0.824. The van der Waals surface area contributed by atoms with Gasteiger partial charge in [0.15, 0.2) is 0 Å². The van der Waals surface area contributed by atoms with Gasteiger partial charge in [0.05, 0.1) is 5.69 Å². The standard InChI is InChI=1S/C17H30N2OS/c1-12(2)18-11-13-14(16(3,4)5)19-15(21-13)17(20-6)9-7-8-10-17/h12,18H,7-11H2,1-6H3. The van der Waals surface area contributed by atoms with Gasteiger partial charge in [-0.25, -0.2) is 4.98 Å². The third kappa shape index (κ3) is 3.66. The van der Waals surface area contributed by atoms with Crippen LogP contribution in [0.5, 0.6) is 0 Å². The van der Waals surface area contributed by atoms with Crippen molar-refractivity contribution in [3.8, 4) is 0 Å². The second-order valence-electron chi connectivity index (χ2n) is 7.48. The van der Waals surface area contributed by atoms with Gasteiger partial charge in [-0.2, -0.15) is 0 Å². The Labute approximate surface area is 133 Å². The first kappa shape index (κ1) is 16.9. The molecule has 1 aromatic heterocycles. The van der Waals surface area contributed by atoms with E-state index in [0.29, 0.717) is 6.04 Å². The molecule has 0 spiro atoms. The normalized spacial score (nSPS) is 18.6. The van der Waals surface area contributed by atoms with Crippen molar-refractivity contribution in [2.24, 2.45) is 0 Å². The Bertz CT molecular complexity index is 468. The van der Waals surface area contributed by atoms with E-state index in [1.807, 2.05) is 18.4 Å². The summed E-state index contributed by atoms with van der Waals surface area (Å²) in [7, 11) is 1.84. The largest absolute Gasteiger partial charge is 0.371 e. The van der Waals surface area contributed by atoms with Crippen molar-refractivity contribution in [3.05, 3.63) is 15.6 Å². The highest BCUT2D eigenvalue weighted by Crippen LogP contribution is 2.45. The fourth-order valence-electron chi connectivity index (χ4n) is 3.00. The molecule has 0 radical (unpaired) electrons. The van der Waals surface area contributed by atoms with Crippen LogP contribution < -0.4 is 5.32 Å². The second-order valence-corrected chi connectivity index (χ2v) is 8.57. The van der Waals surface area contributed by atoms with Crippen molar-refractivity contribution >= 4 is 11.3 Å². The molecule has 0 saturated heterocycles. The van der Waals surface area contributed by atoms with Crippen molar-refractivity contribution in [2.45, 2.75) is 83.9 Å². The molecule has 1 fully saturated rings. The minimum atomic E-state index is -0.124. The molecule has 4 heteroatoms. The smallest absolute Gasteiger partial charge is 0.125 e. The van der Waals surface area contributed by atoms with Gasteiger partial charge in [0, 0.05) is 30.0 Å². The SMILES string of the molecule is COC1(c2nc(C(C)(C)C)c(CNC(C)C)s2)CCCC1. The Kier molecular flexibility index (Phi) is 5.11. The molecule has 1 aliphatic rings. The third-order valence-corrected chi connectivity index (χ3v) is 5.51. The molecule has 120 valence electrons. The van der Waals surface area contributed by atoms with Crippen LogP contribution >= 0.6 is 11.3 Å². The van der Waals surface area contributed by atoms with Gasteiger partial charge in [0.25, 0.3) is 0 Å².